The summed E-state index contributed by atoms with van der Waals surface area (Å²) in [6, 6.07) is 13.8. The number of carbonyl (C=O) groups is 1. The van der Waals surface area contributed by atoms with Crippen LogP contribution in [0.1, 0.15) is 49.4 Å². The molecule has 36 heavy (non-hydrogen) atoms. The summed E-state index contributed by atoms with van der Waals surface area (Å²) in [7, 11) is 1.62. The van der Waals surface area contributed by atoms with Crippen LogP contribution in [-0.4, -0.2) is 47.8 Å². The van der Waals surface area contributed by atoms with Gasteiger partial charge in [0.2, 0.25) is 11.7 Å². The first-order valence-electron chi connectivity index (χ1n) is 12.3. The quantitative estimate of drug-likeness (QED) is 0.351. The molecule has 2 heterocycles. The number of nitrogens with zero attached hydrogens (tertiary/aromatic N) is 3. The van der Waals surface area contributed by atoms with Gasteiger partial charge in [-0.25, -0.2) is 4.39 Å². The molecule has 8 nitrogen and oxygen atoms in total. The SMILES string of the molecule is CCOC(=O)CC(c1ccc(F)cc1)C1CCN(Cc2nc(COc3ccc(OC)cc3)no2)CC1. The van der Waals surface area contributed by atoms with Gasteiger partial charge in [0.1, 0.15) is 17.3 Å². The molecule has 0 saturated carbocycles. The monoisotopic (exact) mass is 497 g/mol. The van der Waals surface area contributed by atoms with Crippen LogP contribution in [0.15, 0.2) is 53.1 Å². The van der Waals surface area contributed by atoms with Crippen molar-refractivity contribution in [2.45, 2.75) is 45.3 Å². The maximum Gasteiger partial charge on any atom is 0.306 e. The average molecular weight is 498 g/mol. The average Bonchev–Trinajstić information content (AvgIpc) is 3.35. The van der Waals surface area contributed by atoms with Crippen LogP contribution in [0.2, 0.25) is 0 Å². The number of esters is 1. The maximum absolute atomic E-state index is 13.5. The van der Waals surface area contributed by atoms with Gasteiger partial charge in [0.25, 0.3) is 0 Å². The zero-order chi connectivity index (χ0) is 25.3. The van der Waals surface area contributed by atoms with E-state index < -0.39 is 0 Å². The predicted molar refractivity (Wildman–Crippen MR) is 130 cm³/mol. The lowest BCUT2D eigenvalue weighted by molar-refractivity contribution is -0.144. The molecule has 1 fully saturated rings. The number of rotatable bonds is 11. The van der Waals surface area contributed by atoms with Gasteiger partial charge in [0.05, 0.1) is 26.7 Å². The Kier molecular flexibility index (Phi) is 8.89. The van der Waals surface area contributed by atoms with E-state index in [4.69, 9.17) is 18.7 Å². The summed E-state index contributed by atoms with van der Waals surface area (Å²) in [6.07, 6.45) is 2.11. The number of ether oxygens (including phenoxy) is 3. The van der Waals surface area contributed by atoms with Crippen LogP contribution in [0.5, 0.6) is 11.5 Å². The largest absolute Gasteiger partial charge is 0.497 e. The topological polar surface area (TPSA) is 86.9 Å². The van der Waals surface area contributed by atoms with Gasteiger partial charge in [-0.05, 0) is 86.7 Å². The van der Waals surface area contributed by atoms with Crippen molar-refractivity contribution in [1.82, 2.24) is 15.0 Å². The summed E-state index contributed by atoms with van der Waals surface area (Å²) >= 11 is 0. The molecule has 192 valence electrons. The minimum Gasteiger partial charge on any atom is -0.497 e. The highest BCUT2D eigenvalue weighted by Crippen LogP contribution is 2.36. The lowest BCUT2D eigenvalue weighted by Crippen LogP contribution is -2.35. The first-order chi connectivity index (χ1) is 17.5. The smallest absolute Gasteiger partial charge is 0.306 e. The van der Waals surface area contributed by atoms with E-state index in [0.29, 0.717) is 43.0 Å². The Morgan fingerprint density at radius 1 is 1.11 bits per heavy atom. The third kappa shape index (κ3) is 7.04. The molecule has 0 bridgehead atoms. The standard InChI is InChI=1S/C27H32FN3O5/c1-3-34-27(32)16-24(19-4-6-21(28)7-5-19)20-12-14-31(15-13-20)17-26-29-25(30-36-26)18-35-23-10-8-22(33-2)9-11-23/h4-11,20,24H,3,12-18H2,1-2H3. The normalized spacial score (nSPS) is 15.4. The summed E-state index contributed by atoms with van der Waals surface area (Å²) in [5.74, 6) is 2.29. The number of benzene rings is 2. The van der Waals surface area contributed by atoms with Crippen molar-refractivity contribution < 1.29 is 27.9 Å². The number of hydrogen-bond acceptors (Lipinski definition) is 8. The summed E-state index contributed by atoms with van der Waals surface area (Å²) in [6.45, 7) is 4.60. The number of hydrogen-bond donors (Lipinski definition) is 0. The fraction of sp³-hybridized carbons (Fsp3) is 0.444. The molecular formula is C27H32FN3O5. The Morgan fingerprint density at radius 3 is 2.47 bits per heavy atom. The highest BCUT2D eigenvalue weighted by molar-refractivity contribution is 5.70. The van der Waals surface area contributed by atoms with Gasteiger partial charge < -0.3 is 18.7 Å². The van der Waals surface area contributed by atoms with E-state index in [-0.39, 0.29) is 24.3 Å². The van der Waals surface area contributed by atoms with Crippen LogP contribution in [-0.2, 0) is 22.7 Å². The van der Waals surface area contributed by atoms with E-state index in [2.05, 4.69) is 15.0 Å². The summed E-state index contributed by atoms with van der Waals surface area (Å²) in [5.41, 5.74) is 0.973. The first kappa shape index (κ1) is 25.6. The Hall–Kier alpha value is -3.46. The maximum atomic E-state index is 13.5. The zero-order valence-electron chi connectivity index (χ0n) is 20.7. The first-order valence-corrected chi connectivity index (χ1v) is 12.3. The predicted octanol–water partition coefficient (Wildman–Crippen LogP) is 4.75. The third-order valence-corrected chi connectivity index (χ3v) is 6.49. The molecule has 1 aromatic heterocycles. The lowest BCUT2D eigenvalue weighted by Gasteiger charge is -2.35. The number of aromatic nitrogens is 2. The minimum atomic E-state index is -0.281. The Labute approximate surface area is 210 Å². The van der Waals surface area contributed by atoms with Gasteiger partial charge >= 0.3 is 5.97 Å². The van der Waals surface area contributed by atoms with E-state index in [1.54, 1.807) is 26.2 Å². The second-order valence-corrected chi connectivity index (χ2v) is 8.85. The van der Waals surface area contributed by atoms with Crippen molar-refractivity contribution in [2.75, 3.05) is 26.8 Å². The molecule has 1 saturated heterocycles. The molecule has 0 N–H and O–H groups in total. The second kappa shape index (κ2) is 12.5. The molecule has 4 rings (SSSR count). The van der Waals surface area contributed by atoms with Crippen molar-refractivity contribution in [3.05, 3.63) is 71.6 Å². The molecule has 3 aromatic rings. The summed E-state index contributed by atoms with van der Waals surface area (Å²) in [4.78, 5) is 19.0. The van der Waals surface area contributed by atoms with E-state index in [9.17, 15) is 9.18 Å². The molecule has 2 aromatic carbocycles. The Morgan fingerprint density at radius 2 is 1.81 bits per heavy atom. The van der Waals surface area contributed by atoms with Crippen LogP contribution in [0.3, 0.4) is 0 Å². The molecule has 1 atom stereocenters. The van der Waals surface area contributed by atoms with Crippen LogP contribution >= 0.6 is 0 Å². The molecule has 0 spiro atoms. The summed E-state index contributed by atoms with van der Waals surface area (Å²) in [5, 5.41) is 4.03. The molecule has 1 aliphatic heterocycles. The third-order valence-electron chi connectivity index (χ3n) is 6.49. The van der Waals surface area contributed by atoms with E-state index in [0.717, 1.165) is 37.2 Å². The molecule has 1 unspecified atom stereocenters. The van der Waals surface area contributed by atoms with Gasteiger partial charge in [-0.3, -0.25) is 9.69 Å². The number of likely N-dealkylation sites (tertiary alicyclic amines) is 1. The molecular weight excluding hydrogens is 465 g/mol. The van der Waals surface area contributed by atoms with Gasteiger partial charge in [-0.2, -0.15) is 4.98 Å². The molecule has 9 heteroatoms. The van der Waals surface area contributed by atoms with Crippen molar-refractivity contribution in [3.63, 3.8) is 0 Å². The fourth-order valence-electron chi connectivity index (χ4n) is 4.60. The molecule has 0 aliphatic carbocycles. The van der Waals surface area contributed by atoms with Crippen LogP contribution in [0.25, 0.3) is 0 Å². The summed E-state index contributed by atoms with van der Waals surface area (Å²) < 4.78 is 35.0. The number of carbonyl (C=O) groups excluding carboxylic acids is 1. The number of halogens is 1. The fourth-order valence-corrected chi connectivity index (χ4v) is 4.60. The van der Waals surface area contributed by atoms with Crippen molar-refractivity contribution in [3.8, 4) is 11.5 Å². The second-order valence-electron chi connectivity index (χ2n) is 8.85. The van der Waals surface area contributed by atoms with E-state index in [1.807, 2.05) is 24.3 Å². The van der Waals surface area contributed by atoms with Gasteiger partial charge in [-0.1, -0.05) is 17.3 Å². The van der Waals surface area contributed by atoms with Crippen molar-refractivity contribution in [2.24, 2.45) is 5.92 Å². The number of methoxy groups -OCH3 is 1. The van der Waals surface area contributed by atoms with Crippen LogP contribution in [0.4, 0.5) is 4.39 Å². The highest BCUT2D eigenvalue weighted by atomic mass is 19.1. The van der Waals surface area contributed by atoms with Crippen LogP contribution in [0, 0.1) is 11.7 Å². The van der Waals surface area contributed by atoms with E-state index >= 15 is 0 Å². The zero-order valence-corrected chi connectivity index (χ0v) is 20.7. The van der Waals surface area contributed by atoms with Crippen molar-refractivity contribution >= 4 is 5.97 Å². The van der Waals surface area contributed by atoms with Gasteiger partial charge in [0.15, 0.2) is 6.61 Å². The highest BCUT2D eigenvalue weighted by Gasteiger charge is 2.30. The van der Waals surface area contributed by atoms with Gasteiger partial charge in [0, 0.05) is 0 Å². The van der Waals surface area contributed by atoms with E-state index in [1.165, 1.54) is 12.1 Å². The Bertz CT molecular complexity index is 1100. The molecule has 1 aliphatic rings. The molecule has 0 amide bonds. The molecule has 0 radical (unpaired) electrons. The van der Waals surface area contributed by atoms with Gasteiger partial charge in [-0.15, -0.1) is 0 Å². The lowest BCUT2D eigenvalue weighted by atomic mass is 9.78. The Balaban J connectivity index is 1.29. The minimum absolute atomic E-state index is 0.00286. The number of piperidine rings is 1. The van der Waals surface area contributed by atoms with Crippen LogP contribution < -0.4 is 9.47 Å². The van der Waals surface area contributed by atoms with Crippen molar-refractivity contribution in [1.29, 1.82) is 0 Å².